The zero-order chi connectivity index (χ0) is 21.2. The SMILES string of the molecule is CCCCN(CC)C(=O)c1cc(-c2ccccc2C(F)(F)F)nc2onc(C)c12. The van der Waals surface area contributed by atoms with E-state index in [2.05, 4.69) is 10.1 Å². The smallest absolute Gasteiger partial charge is 0.339 e. The molecule has 0 spiro atoms. The van der Waals surface area contributed by atoms with Crippen LogP contribution in [0.2, 0.25) is 0 Å². The molecular formula is C21H22F3N3O2. The van der Waals surface area contributed by atoms with Gasteiger partial charge in [-0.05, 0) is 32.4 Å². The van der Waals surface area contributed by atoms with Gasteiger partial charge in [0.2, 0.25) is 0 Å². The summed E-state index contributed by atoms with van der Waals surface area (Å²) in [6.07, 6.45) is -2.79. The van der Waals surface area contributed by atoms with Crippen molar-refractivity contribution in [2.24, 2.45) is 0 Å². The molecule has 0 unspecified atom stereocenters. The van der Waals surface area contributed by atoms with Crippen LogP contribution >= 0.6 is 0 Å². The highest BCUT2D eigenvalue weighted by Crippen LogP contribution is 2.37. The highest BCUT2D eigenvalue weighted by atomic mass is 19.4. The van der Waals surface area contributed by atoms with E-state index in [1.807, 2.05) is 13.8 Å². The number of nitrogens with zero attached hydrogens (tertiary/aromatic N) is 3. The lowest BCUT2D eigenvalue weighted by atomic mass is 10.00. The molecule has 5 nitrogen and oxygen atoms in total. The minimum absolute atomic E-state index is 0.0245. The number of amides is 1. The maximum absolute atomic E-state index is 13.5. The molecule has 0 aliphatic carbocycles. The number of carbonyl (C=O) groups is 1. The minimum atomic E-state index is -4.55. The fourth-order valence-electron chi connectivity index (χ4n) is 3.28. The largest absolute Gasteiger partial charge is 0.417 e. The van der Waals surface area contributed by atoms with Gasteiger partial charge in [0, 0.05) is 18.7 Å². The second-order valence-electron chi connectivity index (χ2n) is 6.78. The average Bonchev–Trinajstić information content (AvgIpc) is 3.08. The lowest BCUT2D eigenvalue weighted by Gasteiger charge is -2.21. The van der Waals surface area contributed by atoms with E-state index in [1.165, 1.54) is 24.3 Å². The van der Waals surface area contributed by atoms with Gasteiger partial charge in [0.1, 0.15) is 0 Å². The molecule has 0 radical (unpaired) electrons. The third kappa shape index (κ3) is 4.11. The van der Waals surface area contributed by atoms with Crippen LogP contribution in [0.15, 0.2) is 34.9 Å². The quantitative estimate of drug-likeness (QED) is 0.545. The van der Waals surface area contributed by atoms with Gasteiger partial charge in [-0.3, -0.25) is 4.79 Å². The second kappa shape index (κ2) is 8.23. The summed E-state index contributed by atoms with van der Waals surface area (Å²) in [5, 5.41) is 4.29. The molecule has 0 N–H and O–H groups in total. The van der Waals surface area contributed by atoms with Crippen molar-refractivity contribution in [2.45, 2.75) is 39.8 Å². The Hall–Kier alpha value is -2.90. The van der Waals surface area contributed by atoms with Crippen LogP contribution in [0.5, 0.6) is 0 Å². The molecule has 1 aromatic carbocycles. The number of carbonyl (C=O) groups excluding carboxylic acids is 1. The van der Waals surface area contributed by atoms with Crippen molar-refractivity contribution < 1.29 is 22.5 Å². The highest BCUT2D eigenvalue weighted by Gasteiger charge is 2.34. The molecule has 0 bridgehead atoms. The van der Waals surface area contributed by atoms with Gasteiger partial charge in [-0.15, -0.1) is 0 Å². The van der Waals surface area contributed by atoms with E-state index < -0.39 is 11.7 Å². The zero-order valence-electron chi connectivity index (χ0n) is 16.5. The summed E-state index contributed by atoms with van der Waals surface area (Å²) in [4.78, 5) is 19.1. The zero-order valence-corrected chi connectivity index (χ0v) is 16.5. The number of fused-ring (bicyclic) bond motifs is 1. The number of rotatable bonds is 6. The van der Waals surface area contributed by atoms with Crippen LogP contribution in [0, 0.1) is 6.92 Å². The fourth-order valence-corrected chi connectivity index (χ4v) is 3.28. The van der Waals surface area contributed by atoms with Crippen molar-refractivity contribution in [1.29, 1.82) is 0 Å². The topological polar surface area (TPSA) is 59.2 Å². The Morgan fingerprint density at radius 2 is 1.93 bits per heavy atom. The van der Waals surface area contributed by atoms with Crippen LogP contribution in [0.4, 0.5) is 13.2 Å². The van der Waals surface area contributed by atoms with Gasteiger partial charge < -0.3 is 9.42 Å². The number of benzene rings is 1. The molecule has 154 valence electrons. The first-order valence-electron chi connectivity index (χ1n) is 9.50. The molecule has 3 aromatic rings. The summed E-state index contributed by atoms with van der Waals surface area (Å²) in [6, 6.07) is 6.56. The third-order valence-electron chi connectivity index (χ3n) is 4.81. The third-order valence-corrected chi connectivity index (χ3v) is 4.81. The molecule has 0 aliphatic heterocycles. The number of hydrogen-bond acceptors (Lipinski definition) is 4. The van der Waals surface area contributed by atoms with Crippen molar-refractivity contribution in [1.82, 2.24) is 15.0 Å². The van der Waals surface area contributed by atoms with Crippen LogP contribution in [0.3, 0.4) is 0 Å². The van der Waals surface area contributed by atoms with Crippen molar-refractivity contribution in [3.8, 4) is 11.3 Å². The summed E-state index contributed by atoms with van der Waals surface area (Å²) >= 11 is 0. The van der Waals surface area contributed by atoms with Crippen LogP contribution in [0.25, 0.3) is 22.4 Å². The molecule has 2 aromatic heterocycles. The maximum Gasteiger partial charge on any atom is 0.417 e. The Labute approximate surface area is 166 Å². The first-order valence-corrected chi connectivity index (χ1v) is 9.50. The van der Waals surface area contributed by atoms with Gasteiger partial charge >= 0.3 is 6.18 Å². The number of unbranched alkanes of at least 4 members (excludes halogenated alkanes) is 1. The highest BCUT2D eigenvalue weighted by molar-refractivity contribution is 6.07. The van der Waals surface area contributed by atoms with Crippen LogP contribution in [0.1, 0.15) is 48.3 Å². The lowest BCUT2D eigenvalue weighted by Crippen LogP contribution is -2.32. The van der Waals surface area contributed by atoms with Crippen LogP contribution in [-0.2, 0) is 6.18 Å². The van der Waals surface area contributed by atoms with Gasteiger partial charge in [0.25, 0.3) is 11.6 Å². The standard InChI is InChI=1S/C21H22F3N3O2/c1-4-6-11-27(5-2)20(28)15-12-17(25-19-18(15)13(3)26-29-19)14-9-7-8-10-16(14)21(22,23)24/h7-10,12H,4-6,11H2,1-3H3. The lowest BCUT2D eigenvalue weighted by molar-refractivity contribution is -0.137. The molecule has 29 heavy (non-hydrogen) atoms. The van der Waals surface area contributed by atoms with Crippen molar-refractivity contribution in [3.05, 3.63) is 47.2 Å². The first kappa shape index (κ1) is 20.8. The molecule has 0 saturated carbocycles. The number of aromatic nitrogens is 2. The minimum Gasteiger partial charge on any atom is -0.339 e. The first-order chi connectivity index (χ1) is 13.8. The van der Waals surface area contributed by atoms with Gasteiger partial charge in [-0.25, -0.2) is 4.98 Å². The Morgan fingerprint density at radius 3 is 2.59 bits per heavy atom. The summed E-state index contributed by atoms with van der Waals surface area (Å²) in [7, 11) is 0. The molecule has 2 heterocycles. The molecule has 0 saturated heterocycles. The van der Waals surface area contributed by atoms with Gasteiger partial charge in [0.15, 0.2) is 0 Å². The van der Waals surface area contributed by atoms with Gasteiger partial charge in [-0.2, -0.15) is 13.2 Å². The fraction of sp³-hybridized carbons (Fsp3) is 0.381. The molecule has 1 amide bonds. The van der Waals surface area contributed by atoms with Crippen LogP contribution in [-0.4, -0.2) is 34.0 Å². The molecule has 0 aliphatic rings. The monoisotopic (exact) mass is 405 g/mol. The summed E-state index contributed by atoms with van der Waals surface area (Å²) in [6.45, 7) is 6.62. The Balaban J connectivity index is 2.20. The molecule has 3 rings (SSSR count). The summed E-state index contributed by atoms with van der Waals surface area (Å²) in [5.74, 6) is -0.273. The van der Waals surface area contributed by atoms with E-state index in [0.29, 0.717) is 24.2 Å². The molecule has 0 atom stereocenters. The Morgan fingerprint density at radius 1 is 1.21 bits per heavy atom. The van der Waals surface area contributed by atoms with E-state index in [0.717, 1.165) is 18.9 Å². The average molecular weight is 405 g/mol. The van der Waals surface area contributed by atoms with Gasteiger partial charge in [-0.1, -0.05) is 36.7 Å². The van der Waals surface area contributed by atoms with Crippen molar-refractivity contribution in [3.63, 3.8) is 0 Å². The van der Waals surface area contributed by atoms with E-state index in [-0.39, 0.29) is 28.4 Å². The Kier molecular flexibility index (Phi) is 5.91. The number of alkyl halides is 3. The van der Waals surface area contributed by atoms with Crippen molar-refractivity contribution >= 4 is 17.0 Å². The van der Waals surface area contributed by atoms with E-state index in [1.54, 1.807) is 11.8 Å². The second-order valence-corrected chi connectivity index (χ2v) is 6.78. The summed E-state index contributed by atoms with van der Waals surface area (Å²) in [5.41, 5.74) is -0.137. The predicted molar refractivity (Wildman–Crippen MR) is 103 cm³/mol. The molecular weight excluding hydrogens is 383 g/mol. The van der Waals surface area contributed by atoms with Crippen molar-refractivity contribution in [2.75, 3.05) is 13.1 Å². The number of halogens is 3. The van der Waals surface area contributed by atoms with Crippen LogP contribution < -0.4 is 0 Å². The maximum atomic E-state index is 13.5. The number of aryl methyl sites for hydroxylation is 1. The summed E-state index contributed by atoms with van der Waals surface area (Å²) < 4.78 is 45.7. The Bertz CT molecular complexity index is 1030. The number of hydrogen-bond donors (Lipinski definition) is 0. The predicted octanol–water partition coefficient (Wildman–Crippen LogP) is 5.48. The van der Waals surface area contributed by atoms with E-state index in [4.69, 9.17) is 4.52 Å². The van der Waals surface area contributed by atoms with E-state index >= 15 is 0 Å². The normalized spacial score (nSPS) is 11.8. The molecule has 0 fully saturated rings. The molecule has 8 heteroatoms. The van der Waals surface area contributed by atoms with E-state index in [9.17, 15) is 18.0 Å². The van der Waals surface area contributed by atoms with Gasteiger partial charge in [0.05, 0.1) is 27.9 Å². The number of pyridine rings is 1.